The fourth-order valence-electron chi connectivity index (χ4n) is 3.02. The van der Waals surface area contributed by atoms with E-state index in [-0.39, 0.29) is 5.91 Å². The third-order valence-electron chi connectivity index (χ3n) is 4.42. The zero-order valence-corrected chi connectivity index (χ0v) is 16.3. The molecule has 4 aromatic rings. The van der Waals surface area contributed by atoms with Gasteiger partial charge in [-0.1, -0.05) is 42.1 Å². The van der Waals surface area contributed by atoms with Crippen molar-refractivity contribution in [1.29, 1.82) is 0 Å². The molecular formula is C23H15F3N2OS. The number of alkyl halides is 3. The third kappa shape index (κ3) is 4.31. The quantitative estimate of drug-likeness (QED) is 0.398. The highest BCUT2D eigenvalue weighted by atomic mass is 32.2. The summed E-state index contributed by atoms with van der Waals surface area (Å²) < 4.78 is 38.5. The number of aromatic nitrogens is 1. The second-order valence-electron chi connectivity index (χ2n) is 6.45. The van der Waals surface area contributed by atoms with Crippen LogP contribution in [-0.2, 0) is 6.18 Å². The lowest BCUT2D eigenvalue weighted by atomic mass is 10.1. The van der Waals surface area contributed by atoms with Crippen LogP contribution in [0.4, 0.5) is 18.9 Å². The predicted molar refractivity (Wildman–Crippen MR) is 112 cm³/mol. The highest BCUT2D eigenvalue weighted by Gasteiger charge is 2.30. The van der Waals surface area contributed by atoms with E-state index < -0.39 is 11.7 Å². The fraction of sp³-hybridized carbons (Fsp3) is 0.0435. The van der Waals surface area contributed by atoms with Crippen LogP contribution in [0.15, 0.2) is 94.9 Å². The summed E-state index contributed by atoms with van der Waals surface area (Å²) in [5.41, 5.74) is 0.216. The second kappa shape index (κ2) is 8.20. The normalized spacial score (nSPS) is 11.4. The van der Waals surface area contributed by atoms with Gasteiger partial charge in [-0.25, -0.2) is 0 Å². The summed E-state index contributed by atoms with van der Waals surface area (Å²) in [5.74, 6) is -0.336. The molecule has 0 fully saturated rings. The lowest BCUT2D eigenvalue weighted by Crippen LogP contribution is -2.13. The molecular weight excluding hydrogens is 409 g/mol. The number of fused-ring (bicyclic) bond motifs is 1. The number of halogens is 3. The number of nitrogens with zero attached hydrogens (tertiary/aromatic N) is 1. The van der Waals surface area contributed by atoms with Crippen molar-refractivity contribution in [3.63, 3.8) is 0 Å². The van der Waals surface area contributed by atoms with Gasteiger partial charge in [0.15, 0.2) is 0 Å². The minimum absolute atomic E-state index is 0.294. The van der Waals surface area contributed by atoms with E-state index in [1.807, 2.05) is 30.3 Å². The molecule has 30 heavy (non-hydrogen) atoms. The van der Waals surface area contributed by atoms with Crippen LogP contribution >= 0.6 is 11.8 Å². The van der Waals surface area contributed by atoms with E-state index in [1.165, 1.54) is 23.9 Å². The topological polar surface area (TPSA) is 42.0 Å². The molecule has 0 aliphatic carbocycles. The van der Waals surface area contributed by atoms with Gasteiger partial charge in [0.25, 0.3) is 5.91 Å². The Morgan fingerprint density at radius 1 is 0.867 bits per heavy atom. The molecule has 0 unspecified atom stereocenters. The maximum absolute atomic E-state index is 12.8. The van der Waals surface area contributed by atoms with Gasteiger partial charge in [-0.2, -0.15) is 13.2 Å². The molecule has 1 heterocycles. The summed E-state index contributed by atoms with van der Waals surface area (Å²) in [6.45, 7) is 0. The molecule has 3 nitrogen and oxygen atoms in total. The van der Waals surface area contributed by atoms with Crippen molar-refractivity contribution in [3.05, 3.63) is 96.3 Å². The molecule has 4 rings (SSSR count). The fourth-order valence-corrected chi connectivity index (χ4v) is 4.02. The number of benzene rings is 3. The third-order valence-corrected chi connectivity index (χ3v) is 5.49. The summed E-state index contributed by atoms with van der Waals surface area (Å²) in [4.78, 5) is 18.1. The first-order valence-electron chi connectivity index (χ1n) is 9.01. The van der Waals surface area contributed by atoms with Gasteiger partial charge < -0.3 is 5.32 Å². The smallest absolute Gasteiger partial charge is 0.320 e. The van der Waals surface area contributed by atoms with E-state index in [0.717, 1.165) is 27.8 Å². The minimum atomic E-state index is -4.37. The van der Waals surface area contributed by atoms with Gasteiger partial charge in [-0.05, 0) is 53.9 Å². The van der Waals surface area contributed by atoms with Gasteiger partial charge in [-0.15, -0.1) is 0 Å². The molecule has 7 heteroatoms. The van der Waals surface area contributed by atoms with Gasteiger partial charge in [0.1, 0.15) is 5.69 Å². The Bertz CT molecular complexity index is 1190. The van der Waals surface area contributed by atoms with Crippen LogP contribution in [0, 0.1) is 0 Å². The van der Waals surface area contributed by atoms with Crippen LogP contribution in [0.3, 0.4) is 0 Å². The first-order chi connectivity index (χ1) is 14.4. The maximum atomic E-state index is 12.8. The van der Waals surface area contributed by atoms with Crippen LogP contribution in [0.1, 0.15) is 16.1 Å². The Kier molecular flexibility index (Phi) is 5.46. The molecule has 0 saturated heterocycles. The zero-order valence-electron chi connectivity index (χ0n) is 15.5. The lowest BCUT2D eigenvalue weighted by molar-refractivity contribution is -0.137. The maximum Gasteiger partial charge on any atom is 0.416 e. The molecule has 0 saturated carbocycles. The molecule has 1 aromatic heterocycles. The molecule has 150 valence electrons. The molecule has 0 bridgehead atoms. The number of hydrogen-bond donors (Lipinski definition) is 1. The highest BCUT2D eigenvalue weighted by molar-refractivity contribution is 7.99. The van der Waals surface area contributed by atoms with Gasteiger partial charge >= 0.3 is 6.18 Å². The molecule has 1 amide bonds. The number of carbonyl (C=O) groups excluding carboxylic acids is 1. The number of rotatable bonds is 4. The molecule has 1 N–H and O–H groups in total. The first kappa shape index (κ1) is 20.0. The Hall–Kier alpha value is -3.32. The predicted octanol–water partition coefficient (Wildman–Crippen LogP) is 6.66. The minimum Gasteiger partial charge on any atom is -0.320 e. The monoisotopic (exact) mass is 424 g/mol. The number of nitrogens with one attached hydrogen (secondary N) is 1. The number of hydrogen-bond acceptors (Lipinski definition) is 3. The van der Waals surface area contributed by atoms with Crippen molar-refractivity contribution in [1.82, 2.24) is 4.98 Å². The summed E-state index contributed by atoms with van der Waals surface area (Å²) in [6.07, 6.45) is -2.82. The van der Waals surface area contributed by atoms with E-state index in [9.17, 15) is 18.0 Å². The van der Waals surface area contributed by atoms with Crippen molar-refractivity contribution < 1.29 is 18.0 Å². The Balaban J connectivity index is 1.68. The molecule has 0 aliphatic rings. The van der Waals surface area contributed by atoms with Crippen LogP contribution in [0.25, 0.3) is 10.8 Å². The Labute approximate surface area is 175 Å². The standard InChI is InChI=1S/C23H15F3N2OS/c24-23(25,26)16-10-12-17(13-11-16)30-20-9-4-6-15-5-3-8-18(21(15)20)28-22(29)19-7-1-2-14-27-19/h1-14H,(H,28,29). The molecule has 0 spiro atoms. The van der Waals surface area contributed by atoms with Gasteiger partial charge in [0, 0.05) is 21.4 Å². The number of pyridine rings is 1. The van der Waals surface area contributed by atoms with Crippen molar-refractivity contribution >= 4 is 34.1 Å². The largest absolute Gasteiger partial charge is 0.416 e. The SMILES string of the molecule is O=C(Nc1cccc2cccc(Sc3ccc(C(F)(F)F)cc3)c12)c1ccccn1. The second-order valence-corrected chi connectivity index (χ2v) is 7.57. The highest BCUT2D eigenvalue weighted by Crippen LogP contribution is 2.38. The Morgan fingerprint density at radius 3 is 2.27 bits per heavy atom. The van der Waals surface area contributed by atoms with Gasteiger partial charge in [-0.3, -0.25) is 9.78 Å². The molecule has 0 aliphatic heterocycles. The van der Waals surface area contributed by atoms with Crippen LogP contribution in [-0.4, -0.2) is 10.9 Å². The van der Waals surface area contributed by atoms with Crippen molar-refractivity contribution in [2.24, 2.45) is 0 Å². The van der Waals surface area contributed by atoms with Crippen LogP contribution < -0.4 is 5.32 Å². The van der Waals surface area contributed by atoms with E-state index in [2.05, 4.69) is 10.3 Å². The number of amides is 1. The van der Waals surface area contributed by atoms with Crippen LogP contribution in [0.2, 0.25) is 0 Å². The van der Waals surface area contributed by atoms with E-state index in [1.54, 1.807) is 30.5 Å². The summed E-state index contributed by atoms with van der Waals surface area (Å²) in [6, 6.07) is 21.3. The van der Waals surface area contributed by atoms with Crippen LogP contribution in [0.5, 0.6) is 0 Å². The number of anilines is 1. The van der Waals surface area contributed by atoms with Crippen molar-refractivity contribution in [2.45, 2.75) is 16.0 Å². The van der Waals surface area contributed by atoms with Gasteiger partial charge in [0.05, 0.1) is 11.3 Å². The summed E-state index contributed by atoms with van der Waals surface area (Å²) in [5, 5.41) is 4.62. The van der Waals surface area contributed by atoms with E-state index in [0.29, 0.717) is 16.3 Å². The van der Waals surface area contributed by atoms with Crippen molar-refractivity contribution in [3.8, 4) is 0 Å². The van der Waals surface area contributed by atoms with E-state index in [4.69, 9.17) is 0 Å². The molecule has 0 atom stereocenters. The molecule has 0 radical (unpaired) electrons. The number of carbonyl (C=O) groups is 1. The summed E-state index contributed by atoms with van der Waals surface area (Å²) >= 11 is 1.34. The Morgan fingerprint density at radius 2 is 1.60 bits per heavy atom. The molecule has 3 aromatic carbocycles. The average molecular weight is 424 g/mol. The van der Waals surface area contributed by atoms with E-state index >= 15 is 0 Å². The average Bonchev–Trinajstić information content (AvgIpc) is 2.74. The van der Waals surface area contributed by atoms with Crippen molar-refractivity contribution in [2.75, 3.05) is 5.32 Å². The van der Waals surface area contributed by atoms with Gasteiger partial charge in [0.2, 0.25) is 0 Å². The summed E-state index contributed by atoms with van der Waals surface area (Å²) in [7, 11) is 0. The lowest BCUT2D eigenvalue weighted by Gasteiger charge is -2.13. The first-order valence-corrected chi connectivity index (χ1v) is 9.83. The zero-order chi connectivity index (χ0) is 21.1.